The van der Waals surface area contributed by atoms with Gasteiger partial charge in [0.05, 0.1) is 5.92 Å². The molecule has 0 aromatic carbocycles. The Bertz CT molecular complexity index is 366. The van der Waals surface area contributed by atoms with Crippen LogP contribution < -0.4 is 11.1 Å². The van der Waals surface area contributed by atoms with Crippen molar-refractivity contribution in [1.82, 2.24) is 5.32 Å². The topological polar surface area (TPSA) is 67.5 Å². The second-order valence-electron chi connectivity index (χ2n) is 7.13. The zero-order chi connectivity index (χ0) is 15.4. The zero-order valence-electron chi connectivity index (χ0n) is 13.4. The Kier molecular flexibility index (Phi) is 5.94. The molecule has 19 heavy (non-hydrogen) atoms. The molecule has 110 valence electrons. The van der Waals surface area contributed by atoms with Crippen LogP contribution in [0.15, 0.2) is 16.4 Å². The molecule has 0 spiro atoms. The fourth-order valence-electron chi connectivity index (χ4n) is 1.83. The highest BCUT2D eigenvalue weighted by Gasteiger charge is 2.35. The van der Waals surface area contributed by atoms with Crippen LogP contribution in [0.2, 0.25) is 0 Å². The average molecular weight is 267 g/mol. The molecular weight excluding hydrogens is 238 g/mol. The lowest BCUT2D eigenvalue weighted by Gasteiger charge is -2.34. The molecule has 0 aliphatic carbocycles. The van der Waals surface area contributed by atoms with Gasteiger partial charge in [0.2, 0.25) is 5.91 Å². The largest absolute Gasteiger partial charge is 0.325 e. The number of carbonyl (C=O) groups excluding carboxylic acids is 1. The van der Waals surface area contributed by atoms with Crippen molar-refractivity contribution in [2.24, 2.45) is 22.1 Å². The van der Waals surface area contributed by atoms with E-state index in [9.17, 15) is 4.79 Å². The summed E-state index contributed by atoms with van der Waals surface area (Å²) in [6.07, 6.45) is 0.718. The Morgan fingerprint density at radius 1 is 1.26 bits per heavy atom. The molecule has 1 atom stereocenters. The fourth-order valence-corrected chi connectivity index (χ4v) is 1.83. The summed E-state index contributed by atoms with van der Waals surface area (Å²) in [4.78, 5) is 16.3. The third-order valence-corrected chi connectivity index (χ3v) is 2.90. The van der Waals surface area contributed by atoms with Gasteiger partial charge >= 0.3 is 0 Å². The number of amides is 1. The minimum absolute atomic E-state index is 0.0331. The maximum atomic E-state index is 12.4. The van der Waals surface area contributed by atoms with Gasteiger partial charge < -0.3 is 11.1 Å². The lowest BCUT2D eigenvalue weighted by molar-refractivity contribution is -0.127. The van der Waals surface area contributed by atoms with Crippen LogP contribution in [0.25, 0.3) is 0 Å². The maximum Gasteiger partial charge on any atom is 0.230 e. The van der Waals surface area contributed by atoms with Gasteiger partial charge in [-0.25, -0.2) is 4.99 Å². The normalized spacial score (nSPS) is 13.7. The fraction of sp³-hybridized carbons (Fsp3) is 0.733. The molecule has 1 unspecified atom stereocenters. The second-order valence-corrected chi connectivity index (χ2v) is 7.13. The average Bonchev–Trinajstić information content (AvgIpc) is 2.18. The molecule has 0 aliphatic heterocycles. The first-order valence-corrected chi connectivity index (χ1v) is 6.62. The monoisotopic (exact) mass is 267 g/mol. The molecule has 0 fully saturated rings. The van der Waals surface area contributed by atoms with Gasteiger partial charge in [0.25, 0.3) is 0 Å². The number of nitrogens with two attached hydrogens (primary N) is 1. The van der Waals surface area contributed by atoms with Crippen LogP contribution in [-0.2, 0) is 4.79 Å². The first-order valence-electron chi connectivity index (χ1n) is 6.62. The molecule has 0 rings (SSSR count). The Balaban J connectivity index is 5.15. The summed E-state index contributed by atoms with van der Waals surface area (Å²) < 4.78 is 0. The van der Waals surface area contributed by atoms with Gasteiger partial charge in [-0.1, -0.05) is 20.8 Å². The molecule has 0 heterocycles. The van der Waals surface area contributed by atoms with Gasteiger partial charge in [-0.15, -0.1) is 0 Å². The van der Waals surface area contributed by atoms with E-state index in [4.69, 9.17) is 5.73 Å². The predicted molar refractivity (Wildman–Crippen MR) is 81.9 cm³/mol. The summed E-state index contributed by atoms with van der Waals surface area (Å²) in [5.74, 6) is 0.155. The van der Waals surface area contributed by atoms with Crippen LogP contribution in [0.4, 0.5) is 0 Å². The number of nitrogens with zero attached hydrogens (tertiary/aromatic N) is 1. The van der Waals surface area contributed by atoms with Crippen molar-refractivity contribution in [1.29, 1.82) is 0 Å². The van der Waals surface area contributed by atoms with Crippen LogP contribution in [0.3, 0.4) is 0 Å². The van der Waals surface area contributed by atoms with E-state index in [1.54, 1.807) is 0 Å². The van der Waals surface area contributed by atoms with E-state index in [2.05, 4.69) is 37.8 Å². The molecule has 0 aliphatic rings. The lowest BCUT2D eigenvalue weighted by Crippen LogP contribution is -2.50. The third-order valence-electron chi connectivity index (χ3n) is 2.90. The molecule has 0 saturated heterocycles. The molecule has 3 N–H and O–H groups in total. The summed E-state index contributed by atoms with van der Waals surface area (Å²) in [5.41, 5.74) is 6.54. The summed E-state index contributed by atoms with van der Waals surface area (Å²) in [6, 6.07) is 0. The number of carbonyl (C=O) groups is 1. The number of hydrogen-bond acceptors (Lipinski definition) is 3. The van der Waals surface area contributed by atoms with E-state index >= 15 is 0 Å². The first kappa shape index (κ1) is 17.8. The van der Waals surface area contributed by atoms with E-state index in [0.29, 0.717) is 5.82 Å². The van der Waals surface area contributed by atoms with Gasteiger partial charge in [-0.3, -0.25) is 4.79 Å². The molecule has 4 nitrogen and oxygen atoms in total. The van der Waals surface area contributed by atoms with E-state index < -0.39 is 5.54 Å². The number of rotatable bonds is 5. The van der Waals surface area contributed by atoms with Crippen molar-refractivity contribution in [3.8, 4) is 0 Å². The number of nitrogens with one attached hydrogen (secondary N) is 1. The zero-order valence-corrected chi connectivity index (χ0v) is 13.4. The first-order chi connectivity index (χ1) is 8.38. The van der Waals surface area contributed by atoms with Crippen LogP contribution in [-0.4, -0.2) is 18.2 Å². The Morgan fingerprint density at radius 3 is 2.00 bits per heavy atom. The third kappa shape index (κ3) is 6.53. The quantitative estimate of drug-likeness (QED) is 0.752. The minimum atomic E-state index is -0.578. The Hall–Kier alpha value is -1.16. The molecule has 4 heteroatoms. The van der Waals surface area contributed by atoms with Crippen molar-refractivity contribution in [3.05, 3.63) is 11.4 Å². The van der Waals surface area contributed by atoms with Crippen molar-refractivity contribution in [3.63, 3.8) is 0 Å². The van der Waals surface area contributed by atoms with E-state index in [1.807, 2.05) is 27.7 Å². The highest BCUT2D eigenvalue weighted by atomic mass is 16.2. The van der Waals surface area contributed by atoms with Gasteiger partial charge in [-0.2, -0.15) is 0 Å². The molecule has 0 aromatic heterocycles. The van der Waals surface area contributed by atoms with Crippen LogP contribution in [0.1, 0.15) is 54.9 Å². The molecule has 0 aromatic rings. The van der Waals surface area contributed by atoms with Crippen LogP contribution >= 0.6 is 0 Å². The standard InChI is InChI=1S/C15H29N3O/c1-10(2)12(17-8)18-13(19)11(15(6,7)16)9-14(3,4)5/h11H,8-9,16H2,1-7H3,(H,18,19). The van der Waals surface area contributed by atoms with Gasteiger partial charge in [0.15, 0.2) is 0 Å². The van der Waals surface area contributed by atoms with Gasteiger partial charge in [0, 0.05) is 5.54 Å². The minimum Gasteiger partial charge on any atom is -0.325 e. The van der Waals surface area contributed by atoms with Crippen molar-refractivity contribution in [2.45, 2.75) is 60.4 Å². The SMILES string of the molecule is C=NC(NC(=O)C(CC(C)(C)C)C(C)(C)N)=C(C)C. The summed E-state index contributed by atoms with van der Waals surface area (Å²) in [7, 11) is 0. The van der Waals surface area contributed by atoms with Gasteiger partial charge in [0.1, 0.15) is 5.82 Å². The summed E-state index contributed by atoms with van der Waals surface area (Å²) in [6.45, 7) is 17.3. The highest BCUT2D eigenvalue weighted by molar-refractivity contribution is 5.81. The van der Waals surface area contributed by atoms with Crippen molar-refractivity contribution >= 4 is 12.6 Å². The smallest absolute Gasteiger partial charge is 0.230 e. The number of hydrogen-bond donors (Lipinski definition) is 2. The summed E-state index contributed by atoms with van der Waals surface area (Å²) in [5, 5.41) is 2.83. The van der Waals surface area contributed by atoms with Crippen LogP contribution in [0, 0.1) is 11.3 Å². The molecule has 0 radical (unpaired) electrons. The second kappa shape index (κ2) is 6.33. The maximum absolute atomic E-state index is 12.4. The molecule has 1 amide bonds. The molecule has 0 saturated carbocycles. The molecular formula is C15H29N3O. The highest BCUT2D eigenvalue weighted by Crippen LogP contribution is 2.30. The lowest BCUT2D eigenvalue weighted by atomic mass is 9.76. The molecule has 0 bridgehead atoms. The predicted octanol–water partition coefficient (Wildman–Crippen LogP) is 2.84. The van der Waals surface area contributed by atoms with E-state index in [1.165, 1.54) is 0 Å². The van der Waals surface area contributed by atoms with Crippen molar-refractivity contribution < 1.29 is 4.79 Å². The Morgan fingerprint density at radius 2 is 1.74 bits per heavy atom. The van der Waals surface area contributed by atoms with Crippen LogP contribution in [0.5, 0.6) is 0 Å². The van der Waals surface area contributed by atoms with Crippen molar-refractivity contribution in [2.75, 3.05) is 0 Å². The van der Waals surface area contributed by atoms with E-state index in [0.717, 1.165) is 12.0 Å². The van der Waals surface area contributed by atoms with E-state index in [-0.39, 0.29) is 17.2 Å². The van der Waals surface area contributed by atoms with Gasteiger partial charge in [-0.05, 0) is 51.8 Å². The number of aliphatic imine (C=N–C) groups is 1. The summed E-state index contributed by atoms with van der Waals surface area (Å²) >= 11 is 0. The number of allylic oxidation sites excluding steroid dienone is 1. The Labute approximate surface area is 117 Å².